The van der Waals surface area contributed by atoms with Gasteiger partial charge in [-0.25, -0.2) is 13.1 Å². The van der Waals surface area contributed by atoms with Crippen LogP contribution in [-0.2, 0) is 19.5 Å². The molecule has 1 aromatic carbocycles. The summed E-state index contributed by atoms with van der Waals surface area (Å²) in [6, 6.07) is 3.54. The number of alkyl halides is 3. The zero-order chi connectivity index (χ0) is 20.7. The Morgan fingerprint density at radius 3 is 2.32 bits per heavy atom. The Kier molecular flexibility index (Phi) is 5.90. The van der Waals surface area contributed by atoms with Crippen LogP contribution in [0.2, 0.25) is 5.02 Å². The average molecular weight is 443 g/mol. The van der Waals surface area contributed by atoms with Crippen molar-refractivity contribution in [3.63, 3.8) is 0 Å². The van der Waals surface area contributed by atoms with Crippen molar-refractivity contribution in [2.75, 3.05) is 19.5 Å². The van der Waals surface area contributed by atoms with Crippen molar-refractivity contribution in [1.29, 1.82) is 0 Å². The van der Waals surface area contributed by atoms with Gasteiger partial charge in [0.1, 0.15) is 0 Å². The average Bonchev–Trinajstić information content (AvgIpc) is 2.53. The van der Waals surface area contributed by atoms with E-state index in [2.05, 4.69) is 14.8 Å². The van der Waals surface area contributed by atoms with Gasteiger partial charge in [-0.15, -0.1) is 0 Å². The van der Waals surface area contributed by atoms with Crippen LogP contribution in [0.25, 0.3) is 0 Å². The lowest BCUT2D eigenvalue weighted by atomic mass is 9.75. The van der Waals surface area contributed by atoms with Crippen molar-refractivity contribution in [3.8, 4) is 0 Å². The molecule has 0 unspecified atom stereocenters. The van der Waals surface area contributed by atoms with Crippen molar-refractivity contribution in [1.82, 2.24) is 4.72 Å². The molecule has 0 saturated heterocycles. The van der Waals surface area contributed by atoms with E-state index in [0.29, 0.717) is 5.69 Å². The molecule has 0 amide bonds. The smallest absolute Gasteiger partial charge is 0.381 e. The Balaban J connectivity index is 1.62. The molecule has 2 aliphatic carbocycles. The predicted molar refractivity (Wildman–Crippen MR) is 98.0 cm³/mol. The maximum absolute atomic E-state index is 13.0. The van der Waals surface area contributed by atoms with Crippen LogP contribution in [0.1, 0.15) is 25.7 Å². The Morgan fingerprint density at radius 2 is 1.82 bits per heavy atom. The topological polar surface area (TPSA) is 76.7 Å². The van der Waals surface area contributed by atoms with E-state index in [0.717, 1.165) is 20.0 Å². The molecule has 0 aromatic heterocycles. The number of sulfonamides is 1. The molecule has 158 valence electrons. The van der Waals surface area contributed by atoms with Crippen LogP contribution in [0.4, 0.5) is 18.9 Å². The monoisotopic (exact) mass is 442 g/mol. The number of halogens is 4. The first kappa shape index (κ1) is 21.6. The second-order valence-corrected chi connectivity index (χ2v) is 9.36. The summed E-state index contributed by atoms with van der Waals surface area (Å²) in [5.41, 5.74) is -1.70. The van der Waals surface area contributed by atoms with E-state index in [1.54, 1.807) is 13.2 Å². The summed E-state index contributed by atoms with van der Waals surface area (Å²) in [5, 5.41) is 3.44. The second-order valence-electron chi connectivity index (χ2n) is 7.23. The van der Waals surface area contributed by atoms with Gasteiger partial charge < -0.3 is 14.8 Å². The molecule has 2 N–H and O–H groups in total. The van der Waals surface area contributed by atoms with E-state index in [1.165, 1.54) is 12.1 Å². The summed E-state index contributed by atoms with van der Waals surface area (Å²) in [5.74, 6) is 0. The molecular formula is C17H22ClF3N2O4S. The molecule has 11 heteroatoms. The van der Waals surface area contributed by atoms with Gasteiger partial charge in [-0.2, -0.15) is 13.2 Å². The molecule has 28 heavy (non-hydrogen) atoms. The molecule has 0 spiro atoms. The quantitative estimate of drug-likeness (QED) is 0.677. The lowest BCUT2D eigenvalue weighted by molar-refractivity contribution is -0.300. The number of ether oxygens (including phenoxy) is 2. The summed E-state index contributed by atoms with van der Waals surface area (Å²) in [6.45, 7) is 0. The fraction of sp³-hybridized carbons (Fsp3) is 0.647. The SMILES string of the molecule is COC1CC(Nc2ccc(S(=O)(=O)NC3CC(OC)(C(F)(F)F)C3)cc2Cl)C1. The van der Waals surface area contributed by atoms with Gasteiger partial charge >= 0.3 is 6.18 Å². The summed E-state index contributed by atoms with van der Waals surface area (Å²) in [6.07, 6.45) is -3.63. The Hall–Kier alpha value is -1.07. The maximum atomic E-state index is 13.0. The molecule has 2 fully saturated rings. The van der Waals surface area contributed by atoms with Crippen LogP contribution < -0.4 is 10.0 Å². The highest BCUT2D eigenvalue weighted by molar-refractivity contribution is 7.89. The van der Waals surface area contributed by atoms with E-state index >= 15 is 0 Å². The molecule has 0 heterocycles. The largest absolute Gasteiger partial charge is 0.417 e. The van der Waals surface area contributed by atoms with Gasteiger partial charge in [-0.1, -0.05) is 11.6 Å². The normalized spacial score (nSPS) is 30.4. The highest BCUT2D eigenvalue weighted by Gasteiger charge is 2.63. The molecule has 0 atom stereocenters. The zero-order valence-corrected chi connectivity index (χ0v) is 16.9. The highest BCUT2D eigenvalue weighted by Crippen LogP contribution is 2.48. The lowest BCUT2D eigenvalue weighted by Gasteiger charge is -2.47. The van der Waals surface area contributed by atoms with Gasteiger partial charge in [0.05, 0.1) is 21.7 Å². The van der Waals surface area contributed by atoms with Gasteiger partial charge in [-0.3, -0.25) is 0 Å². The van der Waals surface area contributed by atoms with Crippen molar-refractivity contribution < 1.29 is 31.1 Å². The number of nitrogens with one attached hydrogen (secondary N) is 2. The lowest BCUT2D eigenvalue weighted by Crippen LogP contribution is -2.63. The van der Waals surface area contributed by atoms with Gasteiger partial charge in [0.15, 0.2) is 5.60 Å². The zero-order valence-electron chi connectivity index (χ0n) is 15.3. The molecular weight excluding hydrogens is 421 g/mol. The van der Waals surface area contributed by atoms with Crippen LogP contribution in [0.15, 0.2) is 23.1 Å². The third-order valence-corrected chi connectivity index (χ3v) is 7.25. The van der Waals surface area contributed by atoms with Crippen LogP contribution in [-0.4, -0.2) is 52.6 Å². The molecule has 2 saturated carbocycles. The number of hydrogen-bond donors (Lipinski definition) is 2. The first-order valence-corrected chi connectivity index (χ1v) is 10.6. The summed E-state index contributed by atoms with van der Waals surface area (Å²) in [7, 11) is -1.38. The Morgan fingerprint density at radius 1 is 1.18 bits per heavy atom. The Bertz CT molecular complexity index is 822. The van der Waals surface area contributed by atoms with E-state index < -0.39 is 40.7 Å². The minimum atomic E-state index is -4.55. The maximum Gasteiger partial charge on any atom is 0.417 e. The number of anilines is 1. The third kappa shape index (κ3) is 4.11. The van der Waals surface area contributed by atoms with E-state index in [-0.39, 0.29) is 22.1 Å². The van der Waals surface area contributed by atoms with E-state index in [1.807, 2.05) is 0 Å². The van der Waals surface area contributed by atoms with Crippen LogP contribution in [0.5, 0.6) is 0 Å². The fourth-order valence-corrected chi connectivity index (χ4v) is 5.06. The molecule has 1 aromatic rings. The van der Waals surface area contributed by atoms with E-state index in [9.17, 15) is 21.6 Å². The van der Waals surface area contributed by atoms with Crippen molar-refractivity contribution in [3.05, 3.63) is 23.2 Å². The van der Waals surface area contributed by atoms with Crippen LogP contribution >= 0.6 is 11.6 Å². The molecule has 0 radical (unpaired) electrons. The van der Waals surface area contributed by atoms with Gasteiger partial charge in [0, 0.05) is 39.1 Å². The third-order valence-electron chi connectivity index (χ3n) is 5.42. The summed E-state index contributed by atoms with van der Waals surface area (Å²) < 4.78 is 76.2. The molecule has 3 rings (SSSR count). The minimum absolute atomic E-state index is 0.103. The van der Waals surface area contributed by atoms with Gasteiger partial charge in [0.25, 0.3) is 0 Å². The van der Waals surface area contributed by atoms with Crippen LogP contribution in [0, 0.1) is 0 Å². The minimum Gasteiger partial charge on any atom is -0.381 e. The number of rotatable bonds is 7. The fourth-order valence-electron chi connectivity index (χ4n) is 3.50. The number of benzene rings is 1. The first-order chi connectivity index (χ1) is 13.0. The highest BCUT2D eigenvalue weighted by atomic mass is 35.5. The number of methoxy groups -OCH3 is 2. The first-order valence-electron chi connectivity index (χ1n) is 8.73. The van der Waals surface area contributed by atoms with Gasteiger partial charge in [0.2, 0.25) is 10.0 Å². The molecule has 0 bridgehead atoms. The summed E-state index contributed by atoms with van der Waals surface area (Å²) in [4.78, 5) is -0.103. The summed E-state index contributed by atoms with van der Waals surface area (Å²) >= 11 is 6.19. The Labute approximate surface area is 166 Å². The number of hydrogen-bond acceptors (Lipinski definition) is 5. The van der Waals surface area contributed by atoms with Crippen molar-refractivity contribution in [2.45, 2.75) is 60.5 Å². The van der Waals surface area contributed by atoms with E-state index in [4.69, 9.17) is 16.3 Å². The molecule has 0 aliphatic heterocycles. The standard InChI is InChI=1S/C17H22ClF3N2O4S/c1-26-12-5-10(6-12)22-15-4-3-13(7-14(15)18)28(24,25)23-11-8-16(9-11,27-2)17(19,20)21/h3-4,7,10-12,22-23H,5-6,8-9H2,1-2H3. The van der Waals surface area contributed by atoms with Crippen molar-refractivity contribution in [2.24, 2.45) is 0 Å². The van der Waals surface area contributed by atoms with Crippen LogP contribution in [0.3, 0.4) is 0 Å². The molecule has 6 nitrogen and oxygen atoms in total. The molecule has 2 aliphatic rings. The van der Waals surface area contributed by atoms with Crippen molar-refractivity contribution >= 4 is 27.3 Å². The second kappa shape index (κ2) is 7.64. The predicted octanol–water partition coefficient (Wildman–Crippen LogP) is 3.32. The van der Waals surface area contributed by atoms with Gasteiger partial charge in [-0.05, 0) is 31.0 Å².